The maximum absolute atomic E-state index is 12.3. The van der Waals surface area contributed by atoms with E-state index >= 15 is 0 Å². The molecule has 0 radical (unpaired) electrons. The summed E-state index contributed by atoms with van der Waals surface area (Å²) in [6.07, 6.45) is 12.8. The van der Waals surface area contributed by atoms with Gasteiger partial charge >= 0.3 is 0 Å². The van der Waals surface area contributed by atoms with Gasteiger partial charge in [0.15, 0.2) is 0 Å². The molecule has 2 nitrogen and oxygen atoms in total. The third-order valence-electron chi connectivity index (χ3n) is 5.91. The summed E-state index contributed by atoms with van der Waals surface area (Å²) >= 11 is 1.86. The van der Waals surface area contributed by atoms with Crippen molar-refractivity contribution in [1.82, 2.24) is 0 Å². The molecule has 0 aromatic carbocycles. The summed E-state index contributed by atoms with van der Waals surface area (Å²) < 4.78 is -0.120. The minimum atomic E-state index is -0.120. The molecule has 1 aliphatic heterocycles. The Kier molecular flexibility index (Phi) is 3.02. The van der Waals surface area contributed by atoms with Gasteiger partial charge in [-0.05, 0) is 56.3 Å². The van der Waals surface area contributed by atoms with E-state index in [2.05, 4.69) is 4.99 Å². The summed E-state index contributed by atoms with van der Waals surface area (Å²) in [5, 5.41) is 1.18. The Labute approximate surface area is 119 Å². The van der Waals surface area contributed by atoms with Crippen molar-refractivity contribution in [2.75, 3.05) is 0 Å². The molecule has 3 aliphatic carbocycles. The Morgan fingerprint density at radius 2 is 2.00 bits per heavy atom. The first-order chi connectivity index (χ1) is 9.25. The molecule has 2 bridgehead atoms. The number of rotatable bonds is 2. The van der Waals surface area contributed by atoms with Gasteiger partial charge in [-0.15, -0.1) is 0 Å². The molecular formula is C16H23NOS. The second-order valence-corrected chi connectivity index (χ2v) is 8.56. The van der Waals surface area contributed by atoms with Crippen molar-refractivity contribution in [3.63, 3.8) is 0 Å². The number of thioether (sulfide) groups is 1. The number of amides is 1. The van der Waals surface area contributed by atoms with E-state index in [0.717, 1.165) is 37.0 Å². The van der Waals surface area contributed by atoms with Crippen LogP contribution in [0, 0.1) is 17.8 Å². The predicted octanol–water partition coefficient (Wildman–Crippen LogP) is 4.19. The minimum absolute atomic E-state index is 0.120. The van der Waals surface area contributed by atoms with Gasteiger partial charge in [0.25, 0.3) is 5.91 Å². The lowest BCUT2D eigenvalue weighted by atomic mass is 9.87. The maximum Gasteiger partial charge on any atom is 0.263 e. The summed E-state index contributed by atoms with van der Waals surface area (Å²) in [4.78, 5) is 16.7. The largest absolute Gasteiger partial charge is 0.271 e. The molecule has 0 aromatic rings. The van der Waals surface area contributed by atoms with Gasteiger partial charge in [0.1, 0.15) is 4.75 Å². The van der Waals surface area contributed by atoms with E-state index in [1.165, 1.54) is 50.0 Å². The molecule has 3 heteroatoms. The van der Waals surface area contributed by atoms with Crippen molar-refractivity contribution in [3.05, 3.63) is 0 Å². The highest BCUT2D eigenvalue weighted by Gasteiger charge is 2.47. The first-order valence-electron chi connectivity index (χ1n) is 8.06. The number of nitrogens with zero attached hydrogens (tertiary/aromatic N) is 1. The van der Waals surface area contributed by atoms with Crippen molar-refractivity contribution in [2.45, 2.75) is 69.0 Å². The zero-order valence-electron chi connectivity index (χ0n) is 11.6. The van der Waals surface area contributed by atoms with E-state index in [1.54, 1.807) is 0 Å². The van der Waals surface area contributed by atoms with E-state index in [4.69, 9.17) is 0 Å². The summed E-state index contributed by atoms with van der Waals surface area (Å²) in [7, 11) is 0. The minimum Gasteiger partial charge on any atom is -0.271 e. The van der Waals surface area contributed by atoms with Gasteiger partial charge in [-0.1, -0.05) is 37.4 Å². The van der Waals surface area contributed by atoms with Crippen LogP contribution < -0.4 is 0 Å². The fourth-order valence-electron chi connectivity index (χ4n) is 4.88. The fourth-order valence-corrected chi connectivity index (χ4v) is 6.39. The molecule has 104 valence electrons. The summed E-state index contributed by atoms with van der Waals surface area (Å²) in [6, 6.07) is 0. The molecular weight excluding hydrogens is 254 g/mol. The number of carbonyl (C=O) groups is 1. The lowest BCUT2D eigenvalue weighted by Gasteiger charge is -2.30. The van der Waals surface area contributed by atoms with Gasteiger partial charge < -0.3 is 0 Å². The van der Waals surface area contributed by atoms with Crippen LogP contribution >= 0.6 is 11.8 Å². The fraction of sp³-hybridized carbons (Fsp3) is 0.875. The lowest BCUT2D eigenvalue weighted by molar-refractivity contribution is -0.120. The van der Waals surface area contributed by atoms with Crippen molar-refractivity contribution in [1.29, 1.82) is 0 Å². The van der Waals surface area contributed by atoms with Gasteiger partial charge in [-0.2, -0.15) is 0 Å². The van der Waals surface area contributed by atoms with Crippen LogP contribution in [0.4, 0.5) is 0 Å². The molecule has 19 heavy (non-hydrogen) atoms. The Balaban J connectivity index is 1.43. The molecule has 0 aromatic heterocycles. The Bertz CT molecular complexity index is 424. The molecule has 1 spiro atoms. The van der Waals surface area contributed by atoms with E-state index in [-0.39, 0.29) is 10.7 Å². The van der Waals surface area contributed by atoms with Crippen LogP contribution in [-0.2, 0) is 4.79 Å². The summed E-state index contributed by atoms with van der Waals surface area (Å²) in [5.41, 5.74) is 0. The highest BCUT2D eigenvalue weighted by Crippen LogP contribution is 2.52. The average molecular weight is 277 g/mol. The van der Waals surface area contributed by atoms with Crippen LogP contribution in [-0.4, -0.2) is 15.7 Å². The molecule has 4 aliphatic rings. The van der Waals surface area contributed by atoms with Crippen LogP contribution in [0.3, 0.4) is 0 Å². The van der Waals surface area contributed by atoms with Crippen LogP contribution in [0.1, 0.15) is 64.2 Å². The van der Waals surface area contributed by atoms with Crippen LogP contribution in [0.15, 0.2) is 4.99 Å². The van der Waals surface area contributed by atoms with Crippen molar-refractivity contribution >= 4 is 22.7 Å². The zero-order valence-corrected chi connectivity index (χ0v) is 12.4. The van der Waals surface area contributed by atoms with Gasteiger partial charge in [0.05, 0.1) is 5.04 Å². The Morgan fingerprint density at radius 1 is 1.16 bits per heavy atom. The highest BCUT2D eigenvalue weighted by atomic mass is 32.2. The maximum atomic E-state index is 12.3. The topological polar surface area (TPSA) is 29.4 Å². The number of fused-ring (bicyclic) bond motifs is 2. The van der Waals surface area contributed by atoms with Crippen molar-refractivity contribution in [3.8, 4) is 0 Å². The van der Waals surface area contributed by atoms with E-state index < -0.39 is 0 Å². The second kappa shape index (κ2) is 4.61. The van der Waals surface area contributed by atoms with E-state index in [0.29, 0.717) is 0 Å². The number of carbonyl (C=O) groups excluding carboxylic acids is 1. The zero-order chi connectivity index (χ0) is 12.9. The van der Waals surface area contributed by atoms with Gasteiger partial charge in [-0.3, -0.25) is 4.79 Å². The molecule has 3 fully saturated rings. The summed E-state index contributed by atoms with van der Waals surface area (Å²) in [6.45, 7) is 0. The number of hydrogen-bond acceptors (Lipinski definition) is 2. The van der Waals surface area contributed by atoms with E-state index in [9.17, 15) is 4.79 Å². The van der Waals surface area contributed by atoms with Crippen LogP contribution in [0.5, 0.6) is 0 Å². The smallest absolute Gasteiger partial charge is 0.263 e. The SMILES string of the molecule is O=C1N=C(C[C@H]2C[C@@H]3CC[C@H]2C3)SC12CCCCC2. The first-order valence-corrected chi connectivity index (χ1v) is 8.88. The predicted molar refractivity (Wildman–Crippen MR) is 79.4 cm³/mol. The standard InChI is InChI=1S/C16H23NOS/c18-15-16(6-2-1-3-7-16)19-14(17-15)10-13-9-11-4-5-12(13)8-11/h11-13H,1-10H2/t11-,12+,13-/m1/s1. The molecule has 3 atom stereocenters. The third kappa shape index (κ3) is 2.09. The molecule has 1 heterocycles. The Morgan fingerprint density at radius 3 is 2.68 bits per heavy atom. The number of aliphatic imine (C=N–C) groups is 1. The highest BCUT2D eigenvalue weighted by molar-refractivity contribution is 8.16. The first kappa shape index (κ1) is 12.4. The monoisotopic (exact) mass is 277 g/mol. The Hall–Kier alpha value is -0.310. The summed E-state index contributed by atoms with van der Waals surface area (Å²) in [5.74, 6) is 3.00. The van der Waals surface area contributed by atoms with Crippen LogP contribution in [0.2, 0.25) is 0 Å². The molecule has 1 amide bonds. The molecule has 0 saturated heterocycles. The second-order valence-electron chi connectivity index (χ2n) is 7.11. The number of hydrogen-bond donors (Lipinski definition) is 0. The molecule has 0 N–H and O–H groups in total. The lowest BCUT2D eigenvalue weighted by Crippen LogP contribution is -2.33. The average Bonchev–Trinajstić information content (AvgIpc) is 3.08. The molecule has 3 saturated carbocycles. The van der Waals surface area contributed by atoms with Crippen molar-refractivity contribution < 1.29 is 4.79 Å². The normalized spacial score (nSPS) is 40.1. The van der Waals surface area contributed by atoms with Gasteiger partial charge in [0, 0.05) is 0 Å². The van der Waals surface area contributed by atoms with Gasteiger partial charge in [-0.25, -0.2) is 4.99 Å². The van der Waals surface area contributed by atoms with Crippen LogP contribution in [0.25, 0.3) is 0 Å². The molecule has 0 unspecified atom stereocenters. The quantitative estimate of drug-likeness (QED) is 0.757. The van der Waals surface area contributed by atoms with Gasteiger partial charge in [0.2, 0.25) is 0 Å². The molecule has 4 rings (SSSR count). The van der Waals surface area contributed by atoms with Crippen molar-refractivity contribution in [2.24, 2.45) is 22.7 Å². The third-order valence-corrected chi connectivity index (χ3v) is 7.38. The van der Waals surface area contributed by atoms with E-state index in [1.807, 2.05) is 11.8 Å².